The highest BCUT2D eigenvalue weighted by molar-refractivity contribution is 5.87. The lowest BCUT2D eigenvalue weighted by molar-refractivity contribution is -0.128. The summed E-state index contributed by atoms with van der Waals surface area (Å²) in [4.78, 5) is 11.4. The van der Waals surface area contributed by atoms with E-state index in [0.717, 1.165) is 12.1 Å². The van der Waals surface area contributed by atoms with E-state index in [0.29, 0.717) is 5.92 Å². The molecule has 1 rings (SSSR count). The van der Waals surface area contributed by atoms with Gasteiger partial charge >= 0.3 is 0 Å². The molecule has 1 amide bonds. The first-order chi connectivity index (χ1) is 4.97. The monoisotopic (exact) mass is 153 g/mol. The molecule has 11 heavy (non-hydrogen) atoms. The molecular formula is C9H15NO. The Bertz CT molecular complexity index is 208. The van der Waals surface area contributed by atoms with Crippen molar-refractivity contribution in [2.45, 2.75) is 27.2 Å². The van der Waals surface area contributed by atoms with Crippen LogP contribution < -0.4 is 5.32 Å². The van der Waals surface area contributed by atoms with Crippen LogP contribution in [0.3, 0.4) is 0 Å². The number of carbonyl (C=O) groups is 1. The molecule has 1 heterocycles. The Kier molecular flexibility index (Phi) is 1.78. The minimum atomic E-state index is -0.225. The highest BCUT2D eigenvalue weighted by Gasteiger charge is 2.41. The summed E-state index contributed by atoms with van der Waals surface area (Å²) in [5, 5.41) is 2.76. The van der Waals surface area contributed by atoms with Gasteiger partial charge in [-0.15, -0.1) is 0 Å². The molecule has 62 valence electrons. The van der Waals surface area contributed by atoms with Gasteiger partial charge in [-0.2, -0.15) is 0 Å². The zero-order valence-electron chi connectivity index (χ0n) is 7.40. The van der Waals surface area contributed by atoms with Gasteiger partial charge in [-0.1, -0.05) is 27.4 Å². The normalized spacial score (nSPS) is 31.3. The minimum Gasteiger partial charge on any atom is -0.330 e. The predicted octanol–water partition coefficient (Wildman–Crippen LogP) is 1.68. The van der Waals surface area contributed by atoms with Crippen LogP contribution in [-0.2, 0) is 4.79 Å². The van der Waals surface area contributed by atoms with Gasteiger partial charge in [-0.3, -0.25) is 4.79 Å². The third kappa shape index (κ3) is 1.17. The number of allylic oxidation sites excluding steroid dienone is 1. The van der Waals surface area contributed by atoms with E-state index in [9.17, 15) is 4.79 Å². The molecule has 0 bridgehead atoms. The minimum absolute atomic E-state index is 0.123. The van der Waals surface area contributed by atoms with Gasteiger partial charge in [0.05, 0.1) is 5.41 Å². The van der Waals surface area contributed by atoms with Gasteiger partial charge in [0.25, 0.3) is 0 Å². The van der Waals surface area contributed by atoms with Gasteiger partial charge in [0.1, 0.15) is 0 Å². The molecule has 1 saturated heterocycles. The van der Waals surface area contributed by atoms with Crippen LogP contribution in [-0.4, -0.2) is 5.91 Å². The molecule has 2 heteroatoms. The molecule has 0 aliphatic carbocycles. The smallest absolute Gasteiger partial charge is 0.230 e. The molecule has 1 atom stereocenters. The van der Waals surface area contributed by atoms with E-state index in [-0.39, 0.29) is 11.3 Å². The molecule has 1 fully saturated rings. The second-order valence-corrected chi connectivity index (χ2v) is 3.81. The van der Waals surface area contributed by atoms with E-state index in [1.807, 2.05) is 6.92 Å². The Balaban J connectivity index is 2.87. The average molecular weight is 153 g/mol. The van der Waals surface area contributed by atoms with Crippen molar-refractivity contribution >= 4 is 5.91 Å². The van der Waals surface area contributed by atoms with Crippen molar-refractivity contribution in [3.8, 4) is 0 Å². The van der Waals surface area contributed by atoms with Crippen LogP contribution in [0.2, 0.25) is 0 Å². The molecule has 1 unspecified atom stereocenters. The fourth-order valence-electron chi connectivity index (χ4n) is 1.34. The van der Waals surface area contributed by atoms with Crippen molar-refractivity contribution in [3.63, 3.8) is 0 Å². The summed E-state index contributed by atoms with van der Waals surface area (Å²) in [6, 6.07) is 0. The number of nitrogens with one attached hydrogen (secondary N) is 1. The van der Waals surface area contributed by atoms with Crippen molar-refractivity contribution in [2.75, 3.05) is 0 Å². The Hall–Kier alpha value is -0.790. The van der Waals surface area contributed by atoms with Crippen LogP contribution >= 0.6 is 0 Å². The Morgan fingerprint density at radius 1 is 1.64 bits per heavy atom. The Morgan fingerprint density at radius 3 is 2.36 bits per heavy atom. The molecule has 2 nitrogen and oxygen atoms in total. The molecule has 0 aromatic carbocycles. The second kappa shape index (κ2) is 2.36. The average Bonchev–Trinajstić information content (AvgIpc) is 2.08. The summed E-state index contributed by atoms with van der Waals surface area (Å²) in [6.07, 6.45) is 0.781. The lowest BCUT2D eigenvalue weighted by Gasteiger charge is -2.24. The van der Waals surface area contributed by atoms with Gasteiger partial charge in [0.2, 0.25) is 5.91 Å². The van der Waals surface area contributed by atoms with Crippen LogP contribution in [0.15, 0.2) is 12.3 Å². The van der Waals surface area contributed by atoms with E-state index in [2.05, 4.69) is 25.7 Å². The molecule has 0 aromatic heterocycles. The van der Waals surface area contributed by atoms with E-state index in [1.165, 1.54) is 0 Å². The summed E-state index contributed by atoms with van der Waals surface area (Å²) in [5.41, 5.74) is 0.628. The first-order valence-corrected chi connectivity index (χ1v) is 3.96. The lowest BCUT2D eigenvalue weighted by Crippen LogP contribution is -2.32. The van der Waals surface area contributed by atoms with Crippen molar-refractivity contribution in [1.29, 1.82) is 0 Å². The molecule has 0 radical (unpaired) electrons. The van der Waals surface area contributed by atoms with E-state index < -0.39 is 0 Å². The maximum atomic E-state index is 11.4. The van der Waals surface area contributed by atoms with E-state index in [1.54, 1.807) is 0 Å². The third-order valence-corrected chi connectivity index (χ3v) is 2.66. The van der Waals surface area contributed by atoms with Crippen LogP contribution in [0.1, 0.15) is 27.2 Å². The van der Waals surface area contributed by atoms with Gasteiger partial charge in [0.15, 0.2) is 0 Å². The molecule has 1 aliphatic heterocycles. The SMILES string of the molecule is C=C1CC(C)(C(C)C)C(=O)N1. The molecule has 0 saturated carbocycles. The summed E-state index contributed by atoms with van der Waals surface area (Å²) in [6.45, 7) is 9.88. The molecule has 1 N–H and O–H groups in total. The number of carbonyl (C=O) groups excluding carboxylic acids is 1. The van der Waals surface area contributed by atoms with Gasteiger partial charge in [-0.25, -0.2) is 0 Å². The van der Waals surface area contributed by atoms with Crippen LogP contribution in [0.25, 0.3) is 0 Å². The predicted molar refractivity (Wildman–Crippen MR) is 44.8 cm³/mol. The largest absolute Gasteiger partial charge is 0.330 e. The standard InChI is InChI=1S/C9H15NO/c1-6(2)9(4)5-7(3)10-8(9)11/h6H,3,5H2,1-2,4H3,(H,10,11). The molecular weight excluding hydrogens is 138 g/mol. The van der Waals surface area contributed by atoms with Crippen LogP contribution in [0, 0.1) is 11.3 Å². The van der Waals surface area contributed by atoms with Crippen molar-refractivity contribution < 1.29 is 4.79 Å². The second-order valence-electron chi connectivity index (χ2n) is 3.81. The summed E-state index contributed by atoms with van der Waals surface area (Å²) in [5.74, 6) is 0.499. The number of hydrogen-bond donors (Lipinski definition) is 1. The van der Waals surface area contributed by atoms with Gasteiger partial charge < -0.3 is 5.32 Å². The Labute approximate surface area is 67.7 Å². The van der Waals surface area contributed by atoms with Crippen LogP contribution in [0.5, 0.6) is 0 Å². The third-order valence-electron chi connectivity index (χ3n) is 2.66. The topological polar surface area (TPSA) is 29.1 Å². The van der Waals surface area contributed by atoms with Crippen LogP contribution in [0.4, 0.5) is 0 Å². The quantitative estimate of drug-likeness (QED) is 0.610. The van der Waals surface area contributed by atoms with E-state index in [4.69, 9.17) is 0 Å². The van der Waals surface area contributed by atoms with E-state index >= 15 is 0 Å². The number of rotatable bonds is 1. The number of hydrogen-bond acceptors (Lipinski definition) is 1. The van der Waals surface area contributed by atoms with Gasteiger partial charge in [-0.05, 0) is 5.92 Å². The van der Waals surface area contributed by atoms with Crippen molar-refractivity contribution in [3.05, 3.63) is 12.3 Å². The molecule has 1 aliphatic rings. The maximum absolute atomic E-state index is 11.4. The zero-order valence-corrected chi connectivity index (χ0v) is 7.40. The van der Waals surface area contributed by atoms with Gasteiger partial charge in [0, 0.05) is 12.1 Å². The highest BCUT2D eigenvalue weighted by Crippen LogP contribution is 2.37. The fourth-order valence-corrected chi connectivity index (χ4v) is 1.34. The first kappa shape index (κ1) is 8.31. The first-order valence-electron chi connectivity index (χ1n) is 3.96. The molecule has 0 aromatic rings. The number of amides is 1. The summed E-state index contributed by atoms with van der Waals surface area (Å²) in [7, 11) is 0. The zero-order chi connectivity index (χ0) is 8.65. The summed E-state index contributed by atoms with van der Waals surface area (Å²) < 4.78 is 0. The fraction of sp³-hybridized carbons (Fsp3) is 0.667. The van der Waals surface area contributed by atoms with Crippen molar-refractivity contribution in [2.24, 2.45) is 11.3 Å². The lowest BCUT2D eigenvalue weighted by atomic mass is 9.77. The van der Waals surface area contributed by atoms with Crippen molar-refractivity contribution in [1.82, 2.24) is 5.32 Å². The Morgan fingerprint density at radius 2 is 2.18 bits per heavy atom. The summed E-state index contributed by atoms with van der Waals surface area (Å²) >= 11 is 0. The highest BCUT2D eigenvalue weighted by atomic mass is 16.2. The molecule has 0 spiro atoms. The maximum Gasteiger partial charge on any atom is 0.230 e.